The van der Waals surface area contributed by atoms with Crippen molar-refractivity contribution in [2.45, 2.75) is 4.34 Å². The predicted octanol–water partition coefficient (Wildman–Crippen LogP) is 5.50. The van der Waals surface area contributed by atoms with Gasteiger partial charge in [0, 0.05) is 27.9 Å². The van der Waals surface area contributed by atoms with Gasteiger partial charge in [-0.15, -0.1) is 26.6 Å². The van der Waals surface area contributed by atoms with Crippen molar-refractivity contribution in [3.05, 3.63) is 94.2 Å². The van der Waals surface area contributed by atoms with Gasteiger partial charge in [-0.2, -0.15) is 0 Å². The Morgan fingerprint density at radius 3 is 2.63 bits per heavy atom. The molecule has 7 nitrogen and oxygen atoms in total. The highest BCUT2D eigenvalue weighted by atomic mass is 35.5. The van der Waals surface area contributed by atoms with Crippen molar-refractivity contribution in [3.8, 4) is 27.6 Å². The van der Waals surface area contributed by atoms with Crippen LogP contribution in [0.15, 0.2) is 93.8 Å². The molecule has 1 N–H and O–H groups in total. The Morgan fingerprint density at radius 1 is 1.03 bits per heavy atom. The van der Waals surface area contributed by atoms with Gasteiger partial charge in [-0.25, -0.2) is 5.43 Å². The molecule has 0 saturated heterocycles. The van der Waals surface area contributed by atoms with E-state index in [9.17, 15) is 4.79 Å². The number of nitrogens with one attached hydrogen (secondary N) is 1. The summed E-state index contributed by atoms with van der Waals surface area (Å²) in [5, 5.41) is 16.1. The first kappa shape index (κ1) is 23.4. The third-order valence-electron chi connectivity index (χ3n) is 4.77. The number of hydrogen-bond acceptors (Lipinski definition) is 8. The highest BCUT2D eigenvalue weighted by Gasteiger charge is 2.14. The molecule has 0 unspecified atom stereocenters. The fourth-order valence-electron chi connectivity index (χ4n) is 3.20. The van der Waals surface area contributed by atoms with Crippen LogP contribution in [0, 0.1) is 0 Å². The molecule has 11 heteroatoms. The van der Waals surface area contributed by atoms with E-state index in [-0.39, 0.29) is 11.7 Å². The first-order valence-corrected chi connectivity index (χ1v) is 13.5. The summed E-state index contributed by atoms with van der Waals surface area (Å²) in [5.74, 6) is -0.0778. The van der Waals surface area contributed by atoms with Gasteiger partial charge in [0.05, 0.1) is 11.4 Å². The largest absolute Gasteiger partial charge is 0.284 e. The minimum Gasteiger partial charge on any atom is -0.284 e. The fourth-order valence-corrected chi connectivity index (χ4v) is 5.91. The zero-order valence-electron chi connectivity index (χ0n) is 18.0. The van der Waals surface area contributed by atoms with E-state index in [2.05, 4.69) is 25.7 Å². The molecule has 3 aromatic heterocycles. The number of rotatable bonds is 7. The normalized spacial score (nSPS) is 11.5. The monoisotopic (exact) mass is 536 g/mol. The molecule has 0 saturated carbocycles. The average Bonchev–Trinajstić information content (AvgIpc) is 3.55. The number of hydrogen-bond donors (Lipinski definition) is 1. The highest BCUT2D eigenvalue weighted by molar-refractivity contribution is 8.01. The molecule has 0 bridgehead atoms. The number of carbonyl (C=O) groups is 1. The predicted molar refractivity (Wildman–Crippen MR) is 142 cm³/mol. The molecular weight excluding hydrogens is 520 g/mol. The molecule has 0 fully saturated rings. The molecule has 2 aromatic carbocycles. The minimum absolute atomic E-state index is 0.161. The number of pyridine rings is 1. The second kappa shape index (κ2) is 11.0. The van der Waals surface area contributed by atoms with Crippen molar-refractivity contribution >= 4 is 51.9 Å². The molecule has 5 rings (SSSR count). The van der Waals surface area contributed by atoms with Crippen LogP contribution in [0.2, 0.25) is 5.02 Å². The summed E-state index contributed by atoms with van der Waals surface area (Å²) in [7, 11) is 0. The Hall–Kier alpha value is -3.31. The van der Waals surface area contributed by atoms with Gasteiger partial charge < -0.3 is 0 Å². The van der Waals surface area contributed by atoms with Gasteiger partial charge in [-0.1, -0.05) is 77.2 Å². The molecule has 0 aliphatic carbocycles. The summed E-state index contributed by atoms with van der Waals surface area (Å²) >= 11 is 10.6. The number of benzene rings is 2. The molecule has 0 aliphatic rings. The molecule has 0 spiro atoms. The number of amides is 1. The number of carbonyl (C=O) groups excluding carboxylic acids is 1. The topological polar surface area (TPSA) is 85.1 Å². The van der Waals surface area contributed by atoms with Crippen LogP contribution in [0.4, 0.5) is 0 Å². The maximum absolute atomic E-state index is 12.5. The molecule has 35 heavy (non-hydrogen) atoms. The van der Waals surface area contributed by atoms with E-state index < -0.39 is 0 Å². The number of nitrogens with zero attached hydrogens (tertiary/aromatic N) is 5. The van der Waals surface area contributed by atoms with E-state index in [1.165, 1.54) is 34.4 Å². The van der Waals surface area contributed by atoms with Gasteiger partial charge in [0.1, 0.15) is 5.69 Å². The molecule has 3 heterocycles. The Morgan fingerprint density at radius 2 is 1.83 bits per heavy atom. The van der Waals surface area contributed by atoms with Gasteiger partial charge in [0.25, 0.3) is 5.91 Å². The third kappa shape index (κ3) is 5.51. The van der Waals surface area contributed by atoms with Gasteiger partial charge in [0.2, 0.25) is 4.80 Å². The summed E-state index contributed by atoms with van der Waals surface area (Å²) in [5.41, 5.74) is 6.12. The molecule has 5 aromatic rings. The smallest absolute Gasteiger partial charge is 0.250 e. The first-order chi connectivity index (χ1) is 17.2. The van der Waals surface area contributed by atoms with E-state index in [0.29, 0.717) is 19.2 Å². The van der Waals surface area contributed by atoms with Crippen LogP contribution in [0.3, 0.4) is 0 Å². The van der Waals surface area contributed by atoms with Crippen LogP contribution in [-0.4, -0.2) is 31.4 Å². The van der Waals surface area contributed by atoms with E-state index in [1.807, 2.05) is 82.7 Å². The Kier molecular flexibility index (Phi) is 7.34. The molecule has 174 valence electrons. The van der Waals surface area contributed by atoms with Crippen LogP contribution in [0.1, 0.15) is 0 Å². The van der Waals surface area contributed by atoms with Crippen molar-refractivity contribution in [1.29, 1.82) is 0 Å². The Balaban J connectivity index is 1.34. The number of thioether (sulfide) groups is 1. The maximum atomic E-state index is 12.5. The lowest BCUT2D eigenvalue weighted by atomic mass is 10.1. The number of aromatic nitrogens is 4. The van der Waals surface area contributed by atoms with E-state index >= 15 is 0 Å². The summed E-state index contributed by atoms with van der Waals surface area (Å²) in [6, 6.07) is 23.1. The SMILES string of the molecule is O=C(CSc1nnc(-c2ccccn2)s1)N/N=c1/scc(-c2ccccc2Cl)n1-c1ccccc1. The summed E-state index contributed by atoms with van der Waals surface area (Å²) in [6.45, 7) is 0. The van der Waals surface area contributed by atoms with Gasteiger partial charge in [-0.05, 0) is 30.3 Å². The van der Waals surface area contributed by atoms with E-state index in [0.717, 1.165) is 22.6 Å². The lowest BCUT2D eigenvalue weighted by molar-refractivity contribution is -0.118. The zero-order chi connectivity index (χ0) is 24.0. The lowest BCUT2D eigenvalue weighted by Crippen LogP contribution is -2.25. The average molecular weight is 537 g/mol. The standard InChI is InChI=1S/C24H17ClN6OS3/c25-18-11-5-4-10-17(18)20-14-33-23(31(20)16-8-2-1-3-9-16)29-27-21(32)15-34-24-30-28-22(35-24)19-12-6-7-13-26-19/h1-14H,15H2,(H,27,32)/b29-23+. The maximum Gasteiger partial charge on any atom is 0.250 e. The third-order valence-corrected chi connectivity index (χ3v) is 8.00. The van der Waals surface area contributed by atoms with Crippen LogP contribution in [0.25, 0.3) is 27.6 Å². The van der Waals surface area contributed by atoms with Gasteiger partial charge in [0.15, 0.2) is 9.35 Å². The van der Waals surface area contributed by atoms with Crippen molar-refractivity contribution in [2.24, 2.45) is 5.10 Å². The van der Waals surface area contributed by atoms with Crippen molar-refractivity contribution in [3.63, 3.8) is 0 Å². The molecule has 1 amide bonds. The van der Waals surface area contributed by atoms with Crippen LogP contribution in [0.5, 0.6) is 0 Å². The van der Waals surface area contributed by atoms with Gasteiger partial charge in [-0.3, -0.25) is 14.3 Å². The summed E-state index contributed by atoms with van der Waals surface area (Å²) in [4.78, 5) is 17.4. The molecular formula is C24H17ClN6OS3. The minimum atomic E-state index is -0.239. The quantitative estimate of drug-likeness (QED) is 0.219. The number of halogens is 1. The summed E-state index contributed by atoms with van der Waals surface area (Å²) in [6.07, 6.45) is 1.71. The van der Waals surface area contributed by atoms with Crippen LogP contribution < -0.4 is 10.2 Å². The number of thiazole rings is 1. The highest BCUT2D eigenvalue weighted by Crippen LogP contribution is 2.30. The fraction of sp³-hybridized carbons (Fsp3) is 0.0417. The van der Waals surface area contributed by atoms with Crippen molar-refractivity contribution < 1.29 is 4.79 Å². The number of para-hydroxylation sites is 1. The molecule has 0 atom stereocenters. The van der Waals surface area contributed by atoms with Crippen LogP contribution in [-0.2, 0) is 4.79 Å². The molecule has 0 radical (unpaired) electrons. The second-order valence-electron chi connectivity index (χ2n) is 7.08. The van der Waals surface area contributed by atoms with Crippen LogP contribution >= 0.6 is 46.0 Å². The van der Waals surface area contributed by atoms with E-state index in [1.54, 1.807) is 6.20 Å². The lowest BCUT2D eigenvalue weighted by Gasteiger charge is -2.10. The second-order valence-corrected chi connectivity index (χ2v) is 10.5. The Labute approximate surface area is 218 Å². The van der Waals surface area contributed by atoms with Gasteiger partial charge >= 0.3 is 0 Å². The zero-order valence-corrected chi connectivity index (χ0v) is 21.2. The van der Waals surface area contributed by atoms with Crippen molar-refractivity contribution in [2.75, 3.05) is 5.75 Å². The first-order valence-electron chi connectivity index (χ1n) is 10.4. The van der Waals surface area contributed by atoms with Crippen molar-refractivity contribution in [1.82, 2.24) is 25.2 Å². The molecule has 0 aliphatic heterocycles. The Bertz CT molecular complexity index is 1520. The van der Waals surface area contributed by atoms with E-state index in [4.69, 9.17) is 11.6 Å². The summed E-state index contributed by atoms with van der Waals surface area (Å²) < 4.78 is 2.67.